The third-order valence-corrected chi connectivity index (χ3v) is 10.2. The number of nitrogens with zero attached hydrogens (tertiary/aromatic N) is 3. The smallest absolute Gasteiger partial charge is 0.378 e. The number of carbonyl (C=O) groups is 3. The average Bonchev–Trinajstić information content (AvgIpc) is 3.29. The molecule has 246 valence electrons. The van der Waals surface area contributed by atoms with Crippen molar-refractivity contribution in [2.24, 2.45) is 4.99 Å². The molecule has 0 aromatic carbocycles. The maximum atomic E-state index is 13.6. The monoisotopic (exact) mass is 644 g/mol. The maximum Gasteiger partial charge on any atom is 0.438 e. The number of rotatable bonds is 25. The largest absolute Gasteiger partial charge is 0.438 e. The first-order chi connectivity index (χ1) is 20.7. The van der Waals surface area contributed by atoms with Crippen molar-refractivity contribution in [2.75, 3.05) is 12.4 Å². The van der Waals surface area contributed by atoms with Gasteiger partial charge < -0.3 is 10.1 Å². The van der Waals surface area contributed by atoms with Gasteiger partial charge in [0.05, 0.1) is 6.10 Å². The van der Waals surface area contributed by atoms with Gasteiger partial charge in [0.2, 0.25) is 0 Å². The van der Waals surface area contributed by atoms with E-state index in [0.29, 0.717) is 13.0 Å². The highest BCUT2D eigenvalue weighted by molar-refractivity contribution is 7.83. The minimum atomic E-state index is -3.67. The Hall–Kier alpha value is -1.91. The molecule has 2 heterocycles. The Morgan fingerprint density at radius 1 is 0.814 bits per heavy atom. The van der Waals surface area contributed by atoms with Crippen molar-refractivity contribution < 1.29 is 32.5 Å². The van der Waals surface area contributed by atoms with Gasteiger partial charge in [-0.05, 0) is 19.8 Å². The first-order valence-corrected chi connectivity index (χ1v) is 18.8. The molecule has 3 unspecified atom stereocenters. The molecule has 2 aliphatic rings. The fraction of sp³-hybridized carbons (Fsp3) is 0.867. The minimum Gasteiger partial charge on any atom is -0.378 e. The van der Waals surface area contributed by atoms with Crippen LogP contribution in [0.5, 0.6) is 0 Å². The molecule has 0 saturated carbocycles. The van der Waals surface area contributed by atoms with E-state index in [4.69, 9.17) is 4.74 Å². The van der Waals surface area contributed by atoms with Crippen molar-refractivity contribution in [2.45, 2.75) is 155 Å². The van der Waals surface area contributed by atoms with Crippen LogP contribution in [0.25, 0.3) is 0 Å². The Morgan fingerprint density at radius 3 is 1.81 bits per heavy atom. The number of aliphatic imine (C=N–C) groups is 1. The van der Waals surface area contributed by atoms with E-state index in [1.165, 1.54) is 64.2 Å². The van der Waals surface area contributed by atoms with Gasteiger partial charge in [-0.2, -0.15) is 4.99 Å². The first kappa shape index (κ1) is 37.3. The quantitative estimate of drug-likeness (QED) is 0.0792. The van der Waals surface area contributed by atoms with Gasteiger partial charge in [-0.25, -0.2) is 27.2 Å². The topological polar surface area (TPSA) is 143 Å². The third-order valence-electron chi connectivity index (χ3n) is 8.04. The highest BCUT2D eigenvalue weighted by Crippen LogP contribution is 2.37. The van der Waals surface area contributed by atoms with Gasteiger partial charge in [-0.1, -0.05) is 117 Å². The van der Waals surface area contributed by atoms with Crippen molar-refractivity contribution in [1.82, 2.24) is 14.3 Å². The number of ether oxygens (including phenoxy) is 1. The van der Waals surface area contributed by atoms with Gasteiger partial charge in [-0.15, -0.1) is 4.67 Å². The van der Waals surface area contributed by atoms with Crippen LogP contribution in [0.15, 0.2) is 4.99 Å². The van der Waals surface area contributed by atoms with Crippen LogP contribution in [-0.4, -0.2) is 61.0 Å². The van der Waals surface area contributed by atoms with Gasteiger partial charge in [0, 0.05) is 18.8 Å². The SMILES string of the molecule is CCCCCCCCCCCOC(C)CC12NC(=O)N=C1C(=O)N(P(=O)=O)C(=O)N2S(=O)CCCCCCCCCCC. The van der Waals surface area contributed by atoms with E-state index in [1.807, 2.05) is 0 Å². The Bertz CT molecular complexity index is 1030. The molecule has 2 rings (SSSR count). The van der Waals surface area contributed by atoms with Crippen LogP contribution >= 0.6 is 7.83 Å². The van der Waals surface area contributed by atoms with Gasteiger partial charge in [0.15, 0.2) is 11.4 Å². The molecular formula is C30H53N4O7PS. The van der Waals surface area contributed by atoms with E-state index in [-0.39, 0.29) is 16.8 Å². The molecule has 0 aromatic heterocycles. The highest BCUT2D eigenvalue weighted by Gasteiger charge is 2.62. The molecule has 0 aromatic rings. The van der Waals surface area contributed by atoms with Crippen molar-refractivity contribution in [3.8, 4) is 0 Å². The van der Waals surface area contributed by atoms with Crippen LogP contribution in [0.2, 0.25) is 0 Å². The third kappa shape index (κ3) is 11.5. The van der Waals surface area contributed by atoms with Crippen LogP contribution in [0, 0.1) is 0 Å². The average molecular weight is 645 g/mol. The van der Waals surface area contributed by atoms with Crippen LogP contribution in [0.3, 0.4) is 0 Å². The second kappa shape index (κ2) is 20.2. The summed E-state index contributed by atoms with van der Waals surface area (Å²) in [7, 11) is -5.70. The molecule has 1 fully saturated rings. The zero-order valence-corrected chi connectivity index (χ0v) is 28.2. The number of unbranched alkanes of at least 4 members (excludes halogenated alkanes) is 16. The molecule has 43 heavy (non-hydrogen) atoms. The number of amides is 5. The highest BCUT2D eigenvalue weighted by atomic mass is 32.2. The molecule has 13 heteroatoms. The van der Waals surface area contributed by atoms with Crippen molar-refractivity contribution in [3.05, 3.63) is 0 Å². The van der Waals surface area contributed by atoms with E-state index in [0.717, 1.165) is 49.3 Å². The summed E-state index contributed by atoms with van der Waals surface area (Å²) in [5, 5.41) is 2.57. The maximum absolute atomic E-state index is 13.6. The van der Waals surface area contributed by atoms with E-state index in [9.17, 15) is 27.7 Å². The number of nitrogens with one attached hydrogen (secondary N) is 1. The van der Waals surface area contributed by atoms with E-state index in [2.05, 4.69) is 24.2 Å². The molecule has 2 aliphatic heterocycles. The molecule has 0 spiro atoms. The molecule has 0 aliphatic carbocycles. The van der Waals surface area contributed by atoms with Crippen LogP contribution in [-0.2, 0) is 29.6 Å². The summed E-state index contributed by atoms with van der Waals surface area (Å²) < 4.78 is 44.2. The fourth-order valence-electron chi connectivity index (χ4n) is 5.70. The Kier molecular flexibility index (Phi) is 17.5. The molecular weight excluding hydrogens is 591 g/mol. The number of imide groups is 1. The predicted molar refractivity (Wildman–Crippen MR) is 169 cm³/mol. The Balaban J connectivity index is 2.00. The van der Waals surface area contributed by atoms with E-state index >= 15 is 0 Å². The minimum absolute atomic E-state index is 0.0225. The summed E-state index contributed by atoms with van der Waals surface area (Å²) in [5.74, 6) is -1.13. The van der Waals surface area contributed by atoms with Crippen molar-refractivity contribution >= 4 is 42.5 Å². The summed E-state index contributed by atoms with van der Waals surface area (Å²) in [5.41, 5.74) is -2.29. The standard InChI is InChI=1S/C30H53N4O7PS/c1-4-6-8-10-12-14-16-18-20-22-41-25(3)24-30-26(31-28(36)32-30)27(35)33(42(38)39)29(37)34(30)43(40)23-21-19-17-15-13-11-9-7-5-2/h25H,4-24H2,1-3H3,(H,32,36). The van der Waals surface area contributed by atoms with E-state index < -0.39 is 54.3 Å². The van der Waals surface area contributed by atoms with Crippen molar-refractivity contribution in [3.63, 3.8) is 0 Å². The summed E-state index contributed by atoms with van der Waals surface area (Å²) in [4.78, 5) is 42.6. The fourth-order valence-corrected chi connectivity index (χ4v) is 7.68. The molecule has 1 saturated heterocycles. The van der Waals surface area contributed by atoms with Gasteiger partial charge in [-0.3, -0.25) is 4.79 Å². The lowest BCUT2D eigenvalue weighted by molar-refractivity contribution is -0.120. The number of urea groups is 2. The lowest BCUT2D eigenvalue weighted by Crippen LogP contribution is -2.73. The number of hydrogen-bond acceptors (Lipinski definition) is 7. The molecule has 1 N–H and O–H groups in total. The molecule has 0 bridgehead atoms. The van der Waals surface area contributed by atoms with Crippen molar-refractivity contribution in [1.29, 1.82) is 0 Å². The second-order valence-electron chi connectivity index (χ2n) is 11.8. The summed E-state index contributed by atoms with van der Waals surface area (Å²) in [6, 6.07) is -2.14. The zero-order chi connectivity index (χ0) is 31.7. The van der Waals surface area contributed by atoms with E-state index in [1.54, 1.807) is 6.92 Å². The normalized spacial score (nSPS) is 19.8. The van der Waals surface area contributed by atoms with Crippen LogP contribution < -0.4 is 5.32 Å². The zero-order valence-electron chi connectivity index (χ0n) is 26.5. The van der Waals surface area contributed by atoms with Crippen LogP contribution in [0.1, 0.15) is 143 Å². The number of carbonyl (C=O) groups excluding carboxylic acids is 3. The summed E-state index contributed by atoms with van der Waals surface area (Å²) >= 11 is 0. The van der Waals surface area contributed by atoms with Gasteiger partial charge in [0.1, 0.15) is 11.0 Å². The molecule has 3 atom stereocenters. The second-order valence-corrected chi connectivity index (χ2v) is 14.0. The predicted octanol–water partition coefficient (Wildman–Crippen LogP) is 7.72. The number of hydrogen-bond donors (Lipinski definition) is 1. The lowest BCUT2D eigenvalue weighted by atomic mass is 9.95. The van der Waals surface area contributed by atoms with Gasteiger partial charge >= 0.3 is 19.9 Å². The Morgan fingerprint density at radius 2 is 1.30 bits per heavy atom. The summed E-state index contributed by atoms with van der Waals surface area (Å²) in [6.45, 7) is 6.59. The number of fused-ring (bicyclic) bond motifs is 1. The molecule has 11 nitrogen and oxygen atoms in total. The first-order valence-electron chi connectivity index (χ1n) is 16.4. The Labute approximate surface area is 260 Å². The molecule has 0 radical (unpaired) electrons. The van der Waals surface area contributed by atoms with Crippen LogP contribution in [0.4, 0.5) is 9.59 Å². The molecule has 5 amide bonds. The lowest BCUT2D eigenvalue weighted by Gasteiger charge is -2.44. The van der Waals surface area contributed by atoms with Gasteiger partial charge in [0.25, 0.3) is 5.91 Å². The summed E-state index contributed by atoms with van der Waals surface area (Å²) in [6.07, 6.45) is 19.3.